The van der Waals surface area contributed by atoms with Crippen molar-refractivity contribution in [2.75, 3.05) is 18.4 Å². The van der Waals surface area contributed by atoms with E-state index in [9.17, 15) is 0 Å². The molecular formula is C12H19N5. The molecular weight excluding hydrogens is 214 g/mol. The molecule has 5 heteroatoms. The number of aromatic nitrogens is 3. The summed E-state index contributed by atoms with van der Waals surface area (Å²) >= 11 is 0. The summed E-state index contributed by atoms with van der Waals surface area (Å²) in [6, 6.07) is 0.565. The zero-order chi connectivity index (χ0) is 11.8. The minimum atomic E-state index is 0.565. The molecule has 1 saturated heterocycles. The van der Waals surface area contributed by atoms with Gasteiger partial charge in [-0.15, -0.1) is 5.10 Å². The minimum absolute atomic E-state index is 0.565. The van der Waals surface area contributed by atoms with E-state index in [4.69, 9.17) is 0 Å². The molecule has 0 radical (unpaired) electrons. The minimum Gasteiger partial charge on any atom is -0.349 e. The fraction of sp³-hybridized carbons (Fsp3) is 0.750. The van der Waals surface area contributed by atoms with E-state index in [-0.39, 0.29) is 0 Å². The molecule has 5 nitrogen and oxygen atoms in total. The Balaban J connectivity index is 1.71. The predicted molar refractivity (Wildman–Crippen MR) is 65.8 cm³/mol. The van der Waals surface area contributed by atoms with Crippen LogP contribution < -0.4 is 10.6 Å². The molecule has 92 valence electrons. The van der Waals surface area contributed by atoms with E-state index in [0.717, 1.165) is 49.2 Å². The van der Waals surface area contributed by atoms with Crippen LogP contribution in [0.2, 0.25) is 0 Å². The Morgan fingerprint density at radius 1 is 1.12 bits per heavy atom. The van der Waals surface area contributed by atoms with Crippen LogP contribution >= 0.6 is 0 Å². The van der Waals surface area contributed by atoms with Crippen molar-refractivity contribution in [3.8, 4) is 0 Å². The van der Waals surface area contributed by atoms with Crippen LogP contribution in [0.5, 0.6) is 0 Å². The molecule has 2 unspecified atom stereocenters. The third-order valence-electron chi connectivity index (χ3n) is 3.90. The summed E-state index contributed by atoms with van der Waals surface area (Å²) in [5, 5.41) is 15.2. The van der Waals surface area contributed by atoms with Gasteiger partial charge in [-0.2, -0.15) is 5.10 Å². The van der Waals surface area contributed by atoms with E-state index in [1.54, 1.807) is 0 Å². The molecule has 1 aliphatic heterocycles. The molecule has 1 aliphatic carbocycles. The van der Waals surface area contributed by atoms with E-state index in [1.165, 1.54) is 0 Å². The molecule has 0 aromatic carbocycles. The van der Waals surface area contributed by atoms with Gasteiger partial charge in [0.25, 0.3) is 0 Å². The third-order valence-corrected chi connectivity index (χ3v) is 3.90. The lowest BCUT2D eigenvalue weighted by Gasteiger charge is -2.09. The van der Waals surface area contributed by atoms with Crippen molar-refractivity contribution >= 4 is 5.95 Å². The molecule has 0 amide bonds. The summed E-state index contributed by atoms with van der Waals surface area (Å²) in [5.74, 6) is 2.25. The lowest BCUT2D eigenvalue weighted by molar-refractivity contribution is 0.689. The number of fused-ring (bicyclic) bond motifs is 1. The second kappa shape index (κ2) is 4.22. The highest BCUT2D eigenvalue weighted by atomic mass is 15.3. The Bertz CT molecular complexity index is 409. The summed E-state index contributed by atoms with van der Waals surface area (Å²) < 4.78 is 0. The second-order valence-electron chi connectivity index (χ2n) is 4.89. The monoisotopic (exact) mass is 233 g/mol. The fourth-order valence-corrected chi connectivity index (χ4v) is 2.78. The highest BCUT2D eigenvalue weighted by Crippen LogP contribution is 2.43. The maximum absolute atomic E-state index is 4.56. The number of hydrogen-bond acceptors (Lipinski definition) is 5. The van der Waals surface area contributed by atoms with E-state index in [2.05, 4.69) is 39.7 Å². The maximum atomic E-state index is 4.56. The van der Waals surface area contributed by atoms with Gasteiger partial charge in [0.05, 0.1) is 11.4 Å². The van der Waals surface area contributed by atoms with E-state index in [1.807, 2.05) is 0 Å². The van der Waals surface area contributed by atoms with Crippen LogP contribution in [0.15, 0.2) is 0 Å². The summed E-state index contributed by atoms with van der Waals surface area (Å²) in [6.45, 7) is 6.46. The van der Waals surface area contributed by atoms with Gasteiger partial charge >= 0.3 is 0 Å². The molecule has 1 aromatic heterocycles. The zero-order valence-corrected chi connectivity index (χ0v) is 10.4. The van der Waals surface area contributed by atoms with Crippen LogP contribution in [0.25, 0.3) is 0 Å². The van der Waals surface area contributed by atoms with Crippen molar-refractivity contribution in [2.24, 2.45) is 11.8 Å². The lowest BCUT2D eigenvalue weighted by Crippen LogP contribution is -2.22. The van der Waals surface area contributed by atoms with Crippen LogP contribution in [0, 0.1) is 11.8 Å². The molecule has 2 atom stereocenters. The van der Waals surface area contributed by atoms with Crippen LogP contribution in [0.4, 0.5) is 5.95 Å². The molecule has 1 saturated carbocycles. The lowest BCUT2D eigenvalue weighted by atomic mass is 10.2. The molecule has 2 N–H and O–H groups in total. The summed E-state index contributed by atoms with van der Waals surface area (Å²) in [5.41, 5.74) is 2.10. The first-order chi connectivity index (χ1) is 8.33. The maximum Gasteiger partial charge on any atom is 0.243 e. The van der Waals surface area contributed by atoms with Crippen molar-refractivity contribution in [1.29, 1.82) is 0 Å². The first kappa shape index (κ1) is 10.9. The predicted octanol–water partition coefficient (Wildman–Crippen LogP) is 0.626. The number of anilines is 1. The molecule has 2 heterocycles. The standard InChI is InChI=1S/C12H19N5/c1-3-9-10(4-2)16-17-12(14-9)15-11-7-5-13-6-8(7)11/h7-8,11,13H,3-6H2,1-2H3,(H,14,15,17). The average molecular weight is 233 g/mol. The third kappa shape index (κ3) is 1.88. The van der Waals surface area contributed by atoms with Crippen molar-refractivity contribution in [3.05, 3.63) is 11.4 Å². The molecule has 0 spiro atoms. The quantitative estimate of drug-likeness (QED) is 0.798. The highest BCUT2D eigenvalue weighted by Gasteiger charge is 2.53. The summed E-state index contributed by atoms with van der Waals surface area (Å²) in [6.07, 6.45) is 1.83. The van der Waals surface area contributed by atoms with Crippen LogP contribution in [0.3, 0.4) is 0 Å². The summed E-state index contributed by atoms with van der Waals surface area (Å²) in [7, 11) is 0. The van der Waals surface area contributed by atoms with Gasteiger partial charge in [0.1, 0.15) is 0 Å². The molecule has 17 heavy (non-hydrogen) atoms. The van der Waals surface area contributed by atoms with E-state index >= 15 is 0 Å². The van der Waals surface area contributed by atoms with Gasteiger partial charge in [-0.3, -0.25) is 0 Å². The Labute approximate surface area is 101 Å². The second-order valence-corrected chi connectivity index (χ2v) is 4.89. The van der Waals surface area contributed by atoms with Gasteiger partial charge in [0.2, 0.25) is 5.95 Å². The number of rotatable bonds is 4. The molecule has 3 rings (SSSR count). The van der Waals surface area contributed by atoms with Crippen LogP contribution in [-0.2, 0) is 12.8 Å². The van der Waals surface area contributed by atoms with E-state index < -0.39 is 0 Å². The van der Waals surface area contributed by atoms with E-state index in [0.29, 0.717) is 12.0 Å². The van der Waals surface area contributed by atoms with Crippen molar-refractivity contribution in [1.82, 2.24) is 20.5 Å². The number of piperidine rings is 1. The fourth-order valence-electron chi connectivity index (χ4n) is 2.78. The normalized spacial score (nSPS) is 30.1. The van der Waals surface area contributed by atoms with Gasteiger partial charge in [-0.1, -0.05) is 13.8 Å². The van der Waals surface area contributed by atoms with Crippen molar-refractivity contribution < 1.29 is 0 Å². The van der Waals surface area contributed by atoms with Gasteiger partial charge in [0, 0.05) is 19.1 Å². The molecule has 2 aliphatic rings. The smallest absolute Gasteiger partial charge is 0.243 e. The number of aryl methyl sites for hydroxylation is 2. The van der Waals surface area contributed by atoms with Crippen LogP contribution in [0.1, 0.15) is 25.2 Å². The van der Waals surface area contributed by atoms with Crippen molar-refractivity contribution in [2.45, 2.75) is 32.7 Å². The molecule has 1 aromatic rings. The van der Waals surface area contributed by atoms with Gasteiger partial charge in [0.15, 0.2) is 0 Å². The Hall–Kier alpha value is -1.23. The number of hydrogen-bond donors (Lipinski definition) is 2. The van der Waals surface area contributed by atoms with Crippen molar-refractivity contribution in [3.63, 3.8) is 0 Å². The number of nitrogens with one attached hydrogen (secondary N) is 2. The first-order valence-electron chi connectivity index (χ1n) is 6.53. The average Bonchev–Trinajstić information content (AvgIpc) is 2.80. The number of nitrogens with zero attached hydrogens (tertiary/aromatic N) is 3. The Morgan fingerprint density at radius 3 is 2.47 bits per heavy atom. The van der Waals surface area contributed by atoms with Gasteiger partial charge in [-0.05, 0) is 24.7 Å². The molecule has 2 fully saturated rings. The largest absolute Gasteiger partial charge is 0.349 e. The van der Waals surface area contributed by atoms with Crippen LogP contribution in [-0.4, -0.2) is 34.3 Å². The Kier molecular flexibility index (Phi) is 2.70. The topological polar surface area (TPSA) is 62.7 Å². The summed E-state index contributed by atoms with van der Waals surface area (Å²) in [4.78, 5) is 4.56. The zero-order valence-electron chi connectivity index (χ0n) is 10.4. The SMILES string of the molecule is CCc1nnc(NC2C3CNCC32)nc1CC. The molecule has 0 bridgehead atoms. The van der Waals surface area contributed by atoms with Gasteiger partial charge < -0.3 is 10.6 Å². The van der Waals surface area contributed by atoms with Gasteiger partial charge in [-0.25, -0.2) is 4.98 Å². The Morgan fingerprint density at radius 2 is 1.82 bits per heavy atom. The highest BCUT2D eigenvalue weighted by molar-refractivity contribution is 5.33. The first-order valence-corrected chi connectivity index (χ1v) is 6.53.